The Kier molecular flexibility index (Phi) is 7.00. The second-order valence-electron chi connectivity index (χ2n) is 8.46. The number of amides is 2. The van der Waals surface area contributed by atoms with Gasteiger partial charge in [-0.05, 0) is 50.4 Å². The molecule has 0 aromatic heterocycles. The van der Waals surface area contributed by atoms with E-state index in [-0.39, 0.29) is 6.03 Å². The molecule has 0 aromatic carbocycles. The molecule has 144 valence electrons. The Bertz CT molecular complexity index is 415. The number of methoxy groups -OCH3 is 1. The predicted molar refractivity (Wildman–Crippen MR) is 101 cm³/mol. The summed E-state index contributed by atoms with van der Waals surface area (Å²) in [7, 11) is 1.76. The van der Waals surface area contributed by atoms with Crippen LogP contribution in [0.15, 0.2) is 0 Å². The Balaban J connectivity index is 1.41. The van der Waals surface area contributed by atoms with Crippen LogP contribution in [0.25, 0.3) is 0 Å². The smallest absolute Gasteiger partial charge is 0.317 e. The second kappa shape index (κ2) is 9.22. The van der Waals surface area contributed by atoms with Crippen LogP contribution < -0.4 is 5.32 Å². The number of likely N-dealkylation sites (tertiary alicyclic amines) is 2. The van der Waals surface area contributed by atoms with E-state index in [1.165, 1.54) is 51.4 Å². The maximum atomic E-state index is 12.7. The molecule has 2 amide bonds. The molecule has 5 nitrogen and oxygen atoms in total. The molecule has 3 fully saturated rings. The van der Waals surface area contributed by atoms with Gasteiger partial charge in [-0.25, -0.2) is 4.79 Å². The van der Waals surface area contributed by atoms with Gasteiger partial charge < -0.3 is 19.9 Å². The molecule has 0 atom stereocenters. The Hall–Kier alpha value is -0.810. The lowest BCUT2D eigenvalue weighted by atomic mass is 9.69. The number of carbonyl (C=O) groups is 1. The number of nitrogens with zero attached hydrogens (tertiary/aromatic N) is 2. The highest BCUT2D eigenvalue weighted by Crippen LogP contribution is 2.44. The first-order valence-electron chi connectivity index (χ1n) is 10.5. The second-order valence-corrected chi connectivity index (χ2v) is 8.46. The SMILES string of the molecule is COCCN1CCC(NC(=O)N2CCCC3(CCCCC3)CC2)CC1. The van der Waals surface area contributed by atoms with E-state index in [0.29, 0.717) is 11.5 Å². The lowest BCUT2D eigenvalue weighted by Crippen LogP contribution is -2.49. The summed E-state index contributed by atoms with van der Waals surface area (Å²) < 4.78 is 5.16. The molecule has 0 bridgehead atoms. The topological polar surface area (TPSA) is 44.8 Å². The lowest BCUT2D eigenvalue weighted by molar-refractivity contribution is 0.124. The molecule has 1 saturated carbocycles. The zero-order valence-corrected chi connectivity index (χ0v) is 16.1. The number of urea groups is 1. The van der Waals surface area contributed by atoms with Gasteiger partial charge in [0.05, 0.1) is 6.61 Å². The zero-order chi connectivity index (χ0) is 17.5. The molecule has 2 heterocycles. The Morgan fingerprint density at radius 3 is 2.44 bits per heavy atom. The third kappa shape index (κ3) is 5.33. The van der Waals surface area contributed by atoms with Crippen LogP contribution in [0.3, 0.4) is 0 Å². The fraction of sp³-hybridized carbons (Fsp3) is 0.950. The number of hydrogen-bond acceptors (Lipinski definition) is 3. The maximum Gasteiger partial charge on any atom is 0.317 e. The van der Waals surface area contributed by atoms with Crippen LogP contribution in [-0.4, -0.2) is 68.3 Å². The molecule has 1 spiro atoms. The van der Waals surface area contributed by atoms with Crippen LogP contribution in [0.1, 0.15) is 64.2 Å². The van der Waals surface area contributed by atoms with Gasteiger partial charge in [0, 0.05) is 45.9 Å². The van der Waals surface area contributed by atoms with Crippen LogP contribution in [0.2, 0.25) is 0 Å². The van der Waals surface area contributed by atoms with Crippen LogP contribution in [-0.2, 0) is 4.74 Å². The molecule has 0 aromatic rings. The molecule has 1 aliphatic carbocycles. The number of hydrogen-bond donors (Lipinski definition) is 1. The summed E-state index contributed by atoms with van der Waals surface area (Å²) in [5, 5.41) is 3.31. The van der Waals surface area contributed by atoms with Crippen LogP contribution in [0, 0.1) is 5.41 Å². The average molecular weight is 352 g/mol. The minimum Gasteiger partial charge on any atom is -0.383 e. The number of piperidine rings is 1. The van der Waals surface area contributed by atoms with Crippen molar-refractivity contribution < 1.29 is 9.53 Å². The van der Waals surface area contributed by atoms with Crippen molar-refractivity contribution >= 4 is 6.03 Å². The van der Waals surface area contributed by atoms with E-state index in [1.54, 1.807) is 7.11 Å². The van der Waals surface area contributed by atoms with Crippen molar-refractivity contribution in [3.05, 3.63) is 0 Å². The first-order valence-corrected chi connectivity index (χ1v) is 10.5. The van der Waals surface area contributed by atoms with Gasteiger partial charge >= 0.3 is 6.03 Å². The van der Waals surface area contributed by atoms with Gasteiger partial charge in [-0.15, -0.1) is 0 Å². The van der Waals surface area contributed by atoms with Crippen molar-refractivity contribution in [2.24, 2.45) is 5.41 Å². The third-order valence-corrected chi connectivity index (χ3v) is 6.78. The number of nitrogens with one attached hydrogen (secondary N) is 1. The highest BCUT2D eigenvalue weighted by molar-refractivity contribution is 5.74. The van der Waals surface area contributed by atoms with Crippen molar-refractivity contribution in [1.82, 2.24) is 15.1 Å². The molecule has 5 heteroatoms. The molecule has 0 unspecified atom stereocenters. The van der Waals surface area contributed by atoms with Crippen LogP contribution >= 0.6 is 0 Å². The number of carbonyl (C=O) groups excluding carboxylic acids is 1. The molecule has 3 aliphatic rings. The van der Waals surface area contributed by atoms with Gasteiger partial charge in [-0.2, -0.15) is 0 Å². The van der Waals surface area contributed by atoms with Gasteiger partial charge in [-0.3, -0.25) is 0 Å². The quantitative estimate of drug-likeness (QED) is 0.846. The molecular weight excluding hydrogens is 314 g/mol. The van der Waals surface area contributed by atoms with Crippen molar-refractivity contribution in [3.63, 3.8) is 0 Å². The van der Waals surface area contributed by atoms with Gasteiger partial charge in [0.2, 0.25) is 0 Å². The van der Waals surface area contributed by atoms with Crippen molar-refractivity contribution in [1.29, 1.82) is 0 Å². The predicted octanol–water partition coefficient (Wildman–Crippen LogP) is 3.24. The van der Waals surface area contributed by atoms with E-state index in [0.717, 1.165) is 52.2 Å². The highest BCUT2D eigenvalue weighted by atomic mass is 16.5. The van der Waals surface area contributed by atoms with E-state index >= 15 is 0 Å². The Morgan fingerprint density at radius 1 is 1.00 bits per heavy atom. The molecule has 0 radical (unpaired) electrons. The summed E-state index contributed by atoms with van der Waals surface area (Å²) in [6, 6.07) is 0.529. The van der Waals surface area contributed by atoms with Gasteiger partial charge in [0.25, 0.3) is 0 Å². The largest absolute Gasteiger partial charge is 0.383 e. The van der Waals surface area contributed by atoms with Gasteiger partial charge in [-0.1, -0.05) is 19.3 Å². The first kappa shape index (κ1) is 19.0. The monoisotopic (exact) mass is 351 g/mol. The molecule has 25 heavy (non-hydrogen) atoms. The maximum absolute atomic E-state index is 12.7. The minimum absolute atomic E-state index is 0.184. The fourth-order valence-corrected chi connectivity index (χ4v) is 5.05. The summed E-state index contributed by atoms with van der Waals surface area (Å²) in [6.45, 7) is 5.84. The minimum atomic E-state index is 0.184. The Labute approximate surface area is 153 Å². The van der Waals surface area contributed by atoms with Crippen molar-refractivity contribution in [2.45, 2.75) is 70.3 Å². The van der Waals surface area contributed by atoms with Gasteiger partial charge in [0.15, 0.2) is 0 Å². The Morgan fingerprint density at radius 2 is 1.72 bits per heavy atom. The van der Waals surface area contributed by atoms with E-state index < -0.39 is 0 Å². The van der Waals surface area contributed by atoms with Crippen LogP contribution in [0.5, 0.6) is 0 Å². The average Bonchev–Trinajstić information content (AvgIpc) is 2.84. The highest BCUT2D eigenvalue weighted by Gasteiger charge is 2.35. The molecule has 1 N–H and O–H groups in total. The summed E-state index contributed by atoms with van der Waals surface area (Å²) in [4.78, 5) is 17.3. The van der Waals surface area contributed by atoms with E-state index in [1.807, 2.05) is 0 Å². The molecule has 2 saturated heterocycles. The molecular formula is C20H37N3O2. The van der Waals surface area contributed by atoms with Crippen LogP contribution in [0.4, 0.5) is 4.79 Å². The zero-order valence-electron chi connectivity index (χ0n) is 16.1. The number of ether oxygens (including phenoxy) is 1. The summed E-state index contributed by atoms with van der Waals surface area (Å²) in [5.41, 5.74) is 0.556. The number of rotatable bonds is 4. The first-order chi connectivity index (χ1) is 12.2. The van der Waals surface area contributed by atoms with E-state index in [2.05, 4.69) is 15.1 Å². The summed E-state index contributed by atoms with van der Waals surface area (Å²) >= 11 is 0. The fourth-order valence-electron chi connectivity index (χ4n) is 5.05. The third-order valence-electron chi connectivity index (χ3n) is 6.78. The summed E-state index contributed by atoms with van der Waals surface area (Å²) in [5.74, 6) is 0. The molecule has 2 aliphatic heterocycles. The molecule has 3 rings (SSSR count). The normalized spacial score (nSPS) is 25.7. The summed E-state index contributed by atoms with van der Waals surface area (Å²) in [6.07, 6.45) is 12.8. The van der Waals surface area contributed by atoms with Crippen molar-refractivity contribution in [2.75, 3.05) is 46.4 Å². The van der Waals surface area contributed by atoms with Crippen molar-refractivity contribution in [3.8, 4) is 0 Å². The standard InChI is InChI=1S/C20H37N3O2/c1-25-17-16-22-13-6-18(7-14-22)21-19(24)23-12-5-10-20(11-15-23)8-3-2-4-9-20/h18H,2-17H2,1H3,(H,21,24). The lowest BCUT2D eigenvalue weighted by Gasteiger charge is -2.36. The van der Waals surface area contributed by atoms with Gasteiger partial charge in [0.1, 0.15) is 0 Å². The van der Waals surface area contributed by atoms with E-state index in [4.69, 9.17) is 4.74 Å². The van der Waals surface area contributed by atoms with E-state index in [9.17, 15) is 4.79 Å².